The zero-order valence-corrected chi connectivity index (χ0v) is 12.5. The largest absolute Gasteiger partial charge is 0.294 e. The first-order valence-corrected chi connectivity index (χ1v) is 9.18. The maximum absolute atomic E-state index is 12.1. The van der Waals surface area contributed by atoms with Crippen LogP contribution in [0.15, 0.2) is 30.3 Å². The van der Waals surface area contributed by atoms with E-state index in [0.717, 1.165) is 6.42 Å². The quantitative estimate of drug-likeness (QED) is 0.800. The minimum Gasteiger partial charge on any atom is -0.294 e. The lowest BCUT2D eigenvalue weighted by Gasteiger charge is -2.26. The predicted molar refractivity (Wildman–Crippen MR) is 79.0 cm³/mol. The lowest BCUT2D eigenvalue weighted by Crippen LogP contribution is -2.36. The van der Waals surface area contributed by atoms with Crippen molar-refractivity contribution in [1.82, 2.24) is 0 Å². The van der Waals surface area contributed by atoms with Gasteiger partial charge in [0.1, 0.15) is 4.58 Å². The third-order valence-electron chi connectivity index (χ3n) is 3.28. The standard InChI is InChI=1S/C14H18O3S2/c1-11(14-18(16)8-5-9-19(14)17)10-13(15)12-6-3-2-4-7-12/h2-4,6-7,11,14H,5,8-10H2,1H3/t11-,14?,18?,19?/m0/s1. The number of carbonyl (C=O) groups excluding carboxylic acids is 1. The summed E-state index contributed by atoms with van der Waals surface area (Å²) in [6.45, 7) is 1.88. The summed E-state index contributed by atoms with van der Waals surface area (Å²) < 4.78 is 23.6. The molecular weight excluding hydrogens is 280 g/mol. The van der Waals surface area contributed by atoms with Crippen molar-refractivity contribution in [2.24, 2.45) is 5.92 Å². The molecule has 19 heavy (non-hydrogen) atoms. The molecule has 5 heteroatoms. The molecule has 1 heterocycles. The third kappa shape index (κ3) is 3.60. The van der Waals surface area contributed by atoms with Crippen LogP contribution in [-0.2, 0) is 21.6 Å². The summed E-state index contributed by atoms with van der Waals surface area (Å²) in [5.74, 6) is 1.16. The van der Waals surface area contributed by atoms with E-state index in [1.807, 2.05) is 25.1 Å². The van der Waals surface area contributed by atoms with Crippen LogP contribution in [0.5, 0.6) is 0 Å². The molecular formula is C14H18O3S2. The fourth-order valence-corrected chi connectivity index (χ4v) is 6.61. The Kier molecular flexibility index (Phi) is 5.05. The molecule has 1 saturated heterocycles. The van der Waals surface area contributed by atoms with Gasteiger partial charge in [-0.2, -0.15) is 0 Å². The summed E-state index contributed by atoms with van der Waals surface area (Å²) in [4.78, 5) is 12.1. The zero-order valence-electron chi connectivity index (χ0n) is 10.9. The molecule has 0 radical (unpaired) electrons. The van der Waals surface area contributed by atoms with Gasteiger partial charge in [0.2, 0.25) is 0 Å². The predicted octanol–water partition coefficient (Wildman–Crippen LogP) is 2.12. The molecule has 0 spiro atoms. The second-order valence-electron chi connectivity index (χ2n) is 4.86. The first-order valence-electron chi connectivity index (χ1n) is 6.42. The van der Waals surface area contributed by atoms with E-state index in [-0.39, 0.29) is 16.3 Å². The van der Waals surface area contributed by atoms with Gasteiger partial charge in [0.25, 0.3) is 0 Å². The first-order chi connectivity index (χ1) is 9.09. The highest BCUT2D eigenvalue weighted by Gasteiger charge is 2.33. The fourth-order valence-electron chi connectivity index (χ4n) is 2.34. The molecule has 3 atom stereocenters. The lowest BCUT2D eigenvalue weighted by molar-refractivity contribution is 0.0967. The van der Waals surface area contributed by atoms with E-state index >= 15 is 0 Å². The SMILES string of the molecule is C[C@@H](CC(=O)c1ccccc1)C1S(=O)CCCS1=O. The van der Waals surface area contributed by atoms with Gasteiger partial charge in [0, 0.05) is 45.1 Å². The Labute approximate surface area is 118 Å². The van der Waals surface area contributed by atoms with Crippen LogP contribution in [0.2, 0.25) is 0 Å². The van der Waals surface area contributed by atoms with Gasteiger partial charge in [0.15, 0.2) is 5.78 Å². The summed E-state index contributed by atoms with van der Waals surface area (Å²) in [6.07, 6.45) is 1.07. The van der Waals surface area contributed by atoms with E-state index in [2.05, 4.69) is 0 Å². The molecule has 0 bridgehead atoms. The minimum atomic E-state index is -1.06. The van der Waals surface area contributed by atoms with Gasteiger partial charge < -0.3 is 0 Å². The van der Waals surface area contributed by atoms with Gasteiger partial charge in [-0.15, -0.1) is 0 Å². The van der Waals surface area contributed by atoms with Crippen molar-refractivity contribution in [1.29, 1.82) is 0 Å². The van der Waals surface area contributed by atoms with Crippen LogP contribution in [0, 0.1) is 5.92 Å². The molecule has 0 N–H and O–H groups in total. The second kappa shape index (κ2) is 6.57. The molecule has 0 aromatic heterocycles. The Balaban J connectivity index is 2.04. The Morgan fingerprint density at radius 2 is 1.79 bits per heavy atom. The number of benzene rings is 1. The van der Waals surface area contributed by atoms with Gasteiger partial charge in [-0.25, -0.2) is 0 Å². The molecule has 2 rings (SSSR count). The number of rotatable bonds is 4. The van der Waals surface area contributed by atoms with Crippen molar-refractivity contribution in [3.05, 3.63) is 35.9 Å². The van der Waals surface area contributed by atoms with E-state index in [1.54, 1.807) is 12.1 Å². The number of hydrogen-bond acceptors (Lipinski definition) is 3. The maximum Gasteiger partial charge on any atom is 0.163 e. The lowest BCUT2D eigenvalue weighted by atomic mass is 10.0. The normalized spacial score (nSPS) is 28.8. The Morgan fingerprint density at radius 1 is 1.21 bits per heavy atom. The average Bonchev–Trinajstić information content (AvgIpc) is 2.39. The number of hydrogen-bond donors (Lipinski definition) is 0. The summed E-state index contributed by atoms with van der Waals surface area (Å²) in [5, 5.41) is 0. The van der Waals surface area contributed by atoms with Gasteiger partial charge in [-0.3, -0.25) is 13.2 Å². The Bertz CT molecular complexity index is 483. The van der Waals surface area contributed by atoms with Crippen LogP contribution < -0.4 is 0 Å². The third-order valence-corrected chi connectivity index (χ3v) is 7.91. The van der Waals surface area contributed by atoms with Gasteiger partial charge >= 0.3 is 0 Å². The van der Waals surface area contributed by atoms with Crippen molar-refractivity contribution < 1.29 is 13.2 Å². The van der Waals surface area contributed by atoms with Crippen molar-refractivity contribution in [3.8, 4) is 0 Å². The van der Waals surface area contributed by atoms with E-state index in [4.69, 9.17) is 0 Å². The van der Waals surface area contributed by atoms with Gasteiger partial charge in [0.05, 0.1) is 0 Å². The van der Waals surface area contributed by atoms with Gasteiger partial charge in [-0.05, 0) is 12.3 Å². The summed E-state index contributed by atoms with van der Waals surface area (Å²) in [6, 6.07) is 9.09. The summed E-state index contributed by atoms with van der Waals surface area (Å²) in [7, 11) is -2.13. The Hall–Kier alpha value is -0.810. The highest BCUT2D eigenvalue weighted by Crippen LogP contribution is 2.24. The maximum atomic E-state index is 12.1. The van der Waals surface area contributed by atoms with E-state index in [0.29, 0.717) is 23.5 Å². The Morgan fingerprint density at radius 3 is 2.37 bits per heavy atom. The van der Waals surface area contributed by atoms with E-state index < -0.39 is 21.6 Å². The molecule has 104 valence electrons. The van der Waals surface area contributed by atoms with Gasteiger partial charge in [-0.1, -0.05) is 37.3 Å². The molecule has 0 aliphatic carbocycles. The van der Waals surface area contributed by atoms with Crippen molar-refractivity contribution in [2.75, 3.05) is 11.5 Å². The summed E-state index contributed by atoms with van der Waals surface area (Å²) >= 11 is 0. The molecule has 1 aromatic carbocycles. The zero-order chi connectivity index (χ0) is 13.8. The monoisotopic (exact) mass is 298 g/mol. The fraction of sp³-hybridized carbons (Fsp3) is 0.500. The van der Waals surface area contributed by atoms with Crippen LogP contribution in [-0.4, -0.2) is 30.3 Å². The first kappa shape index (κ1) is 14.6. The van der Waals surface area contributed by atoms with E-state index in [9.17, 15) is 13.2 Å². The molecule has 2 unspecified atom stereocenters. The minimum absolute atomic E-state index is 0.0349. The number of Topliss-reactive ketones (excluding diaryl/α,β-unsaturated/α-hetero) is 1. The highest BCUT2D eigenvalue weighted by atomic mass is 32.2. The van der Waals surface area contributed by atoms with Crippen LogP contribution in [0.1, 0.15) is 30.1 Å². The number of ketones is 1. The van der Waals surface area contributed by atoms with Crippen molar-refractivity contribution >= 4 is 27.4 Å². The average molecular weight is 298 g/mol. The van der Waals surface area contributed by atoms with Crippen molar-refractivity contribution in [2.45, 2.75) is 24.3 Å². The highest BCUT2D eigenvalue weighted by molar-refractivity contribution is 8.03. The summed E-state index contributed by atoms with van der Waals surface area (Å²) in [5.41, 5.74) is 0.668. The molecule has 1 fully saturated rings. The number of carbonyl (C=O) groups is 1. The molecule has 3 nitrogen and oxygen atoms in total. The van der Waals surface area contributed by atoms with Crippen molar-refractivity contribution in [3.63, 3.8) is 0 Å². The molecule has 1 aromatic rings. The second-order valence-corrected chi connectivity index (χ2v) is 8.52. The molecule has 0 saturated carbocycles. The van der Waals surface area contributed by atoms with Crippen LogP contribution >= 0.6 is 0 Å². The van der Waals surface area contributed by atoms with Crippen LogP contribution in [0.3, 0.4) is 0 Å². The van der Waals surface area contributed by atoms with Crippen LogP contribution in [0.25, 0.3) is 0 Å². The smallest absolute Gasteiger partial charge is 0.163 e. The molecule has 1 aliphatic heterocycles. The molecule has 0 amide bonds. The topological polar surface area (TPSA) is 51.2 Å². The van der Waals surface area contributed by atoms with E-state index in [1.165, 1.54) is 0 Å². The van der Waals surface area contributed by atoms with Crippen LogP contribution in [0.4, 0.5) is 0 Å². The molecule has 1 aliphatic rings.